The van der Waals surface area contributed by atoms with E-state index < -0.39 is 0 Å². The van der Waals surface area contributed by atoms with Crippen LogP contribution in [0.25, 0.3) is 0 Å². The predicted octanol–water partition coefficient (Wildman–Crippen LogP) is 3.31. The van der Waals surface area contributed by atoms with E-state index in [0.29, 0.717) is 5.76 Å². The quantitative estimate of drug-likeness (QED) is 0.653. The summed E-state index contributed by atoms with van der Waals surface area (Å²) in [6.45, 7) is 10.7. The van der Waals surface area contributed by atoms with Gasteiger partial charge in [-0.2, -0.15) is 0 Å². The van der Waals surface area contributed by atoms with Gasteiger partial charge in [-0.25, -0.2) is 4.79 Å². The van der Waals surface area contributed by atoms with Crippen molar-refractivity contribution in [3.63, 3.8) is 0 Å². The van der Waals surface area contributed by atoms with E-state index in [4.69, 9.17) is 4.74 Å². The zero-order valence-corrected chi connectivity index (χ0v) is 10.0. The minimum atomic E-state index is -0.344. The van der Waals surface area contributed by atoms with E-state index in [1.165, 1.54) is 19.3 Å². The first-order valence-electron chi connectivity index (χ1n) is 5.69. The van der Waals surface area contributed by atoms with E-state index in [-0.39, 0.29) is 11.6 Å². The summed E-state index contributed by atoms with van der Waals surface area (Å²) in [7, 11) is 0. The number of amides is 1. The van der Waals surface area contributed by atoms with Crippen LogP contribution < -0.4 is 0 Å². The van der Waals surface area contributed by atoms with E-state index >= 15 is 0 Å². The lowest BCUT2D eigenvalue weighted by atomic mass is 10.0. The third kappa shape index (κ3) is 2.52. The van der Waals surface area contributed by atoms with E-state index in [2.05, 4.69) is 13.5 Å². The van der Waals surface area contributed by atoms with Gasteiger partial charge in [0.25, 0.3) is 0 Å². The van der Waals surface area contributed by atoms with Gasteiger partial charge in [-0.05, 0) is 20.3 Å². The molecule has 1 aliphatic rings. The third-order valence-corrected chi connectivity index (χ3v) is 3.02. The van der Waals surface area contributed by atoms with Crippen molar-refractivity contribution >= 4 is 6.09 Å². The molecule has 0 aromatic rings. The minimum absolute atomic E-state index is 0.249. The van der Waals surface area contributed by atoms with Gasteiger partial charge in [0.1, 0.15) is 5.76 Å². The Kier molecular flexibility index (Phi) is 3.77. The molecule has 0 aliphatic carbocycles. The van der Waals surface area contributed by atoms with Crippen molar-refractivity contribution in [2.24, 2.45) is 0 Å². The maximum absolute atomic E-state index is 11.5. The second-order valence-corrected chi connectivity index (χ2v) is 4.56. The lowest BCUT2D eigenvalue weighted by Crippen LogP contribution is -2.41. The molecule has 1 saturated heterocycles. The SMILES string of the molecule is C=C1OC(=O)N(CCCCCC)C1(C)C. The highest BCUT2D eigenvalue weighted by Crippen LogP contribution is 2.32. The predicted molar refractivity (Wildman–Crippen MR) is 60.5 cm³/mol. The van der Waals surface area contributed by atoms with Crippen LogP contribution >= 0.6 is 0 Å². The smallest absolute Gasteiger partial charge is 0.413 e. The lowest BCUT2D eigenvalue weighted by Gasteiger charge is -2.28. The van der Waals surface area contributed by atoms with Crippen LogP contribution in [-0.2, 0) is 4.74 Å². The number of cyclic esters (lactones) is 1. The Morgan fingerprint density at radius 1 is 1.33 bits per heavy atom. The zero-order chi connectivity index (χ0) is 11.5. The topological polar surface area (TPSA) is 29.5 Å². The van der Waals surface area contributed by atoms with E-state index in [1.807, 2.05) is 13.8 Å². The summed E-state index contributed by atoms with van der Waals surface area (Å²) in [4.78, 5) is 13.3. The Hall–Kier alpha value is -0.990. The van der Waals surface area contributed by atoms with Crippen LogP contribution in [0, 0.1) is 0 Å². The first kappa shape index (κ1) is 12.1. The summed E-state index contributed by atoms with van der Waals surface area (Å²) in [5, 5.41) is 0. The number of carbonyl (C=O) groups excluding carboxylic acids is 1. The average molecular weight is 211 g/mol. The van der Waals surface area contributed by atoms with Crippen molar-refractivity contribution in [1.29, 1.82) is 0 Å². The van der Waals surface area contributed by atoms with E-state index in [9.17, 15) is 4.79 Å². The fraction of sp³-hybridized carbons (Fsp3) is 0.750. The number of hydrogen-bond acceptors (Lipinski definition) is 2. The summed E-state index contributed by atoms with van der Waals surface area (Å²) < 4.78 is 5.04. The Morgan fingerprint density at radius 2 is 2.00 bits per heavy atom. The minimum Gasteiger partial charge on any atom is -0.413 e. The molecule has 15 heavy (non-hydrogen) atoms. The summed E-state index contributed by atoms with van der Waals surface area (Å²) >= 11 is 0. The molecule has 1 rings (SSSR count). The van der Waals surface area contributed by atoms with Crippen LogP contribution in [0.1, 0.15) is 46.5 Å². The maximum Gasteiger partial charge on any atom is 0.415 e. The van der Waals surface area contributed by atoms with Gasteiger partial charge >= 0.3 is 6.09 Å². The van der Waals surface area contributed by atoms with Crippen molar-refractivity contribution in [3.8, 4) is 0 Å². The monoisotopic (exact) mass is 211 g/mol. The fourth-order valence-electron chi connectivity index (χ4n) is 1.73. The zero-order valence-electron chi connectivity index (χ0n) is 10.0. The van der Waals surface area contributed by atoms with E-state index in [1.54, 1.807) is 4.90 Å². The molecule has 0 radical (unpaired) electrons. The van der Waals surface area contributed by atoms with Crippen LogP contribution in [0.15, 0.2) is 12.3 Å². The van der Waals surface area contributed by atoms with Crippen molar-refractivity contribution in [2.45, 2.75) is 52.0 Å². The highest BCUT2D eigenvalue weighted by Gasteiger charge is 2.42. The Morgan fingerprint density at radius 3 is 2.47 bits per heavy atom. The van der Waals surface area contributed by atoms with Crippen LogP contribution in [-0.4, -0.2) is 23.1 Å². The second kappa shape index (κ2) is 4.69. The molecule has 3 heteroatoms. The molecular formula is C12H21NO2. The molecule has 1 amide bonds. The largest absolute Gasteiger partial charge is 0.415 e. The highest BCUT2D eigenvalue weighted by atomic mass is 16.6. The van der Waals surface area contributed by atoms with Gasteiger partial charge in [0.05, 0.1) is 5.54 Å². The number of rotatable bonds is 5. The summed E-state index contributed by atoms with van der Waals surface area (Å²) in [5.74, 6) is 0.558. The molecule has 1 heterocycles. The molecular weight excluding hydrogens is 190 g/mol. The molecule has 0 spiro atoms. The summed E-state index contributed by atoms with van der Waals surface area (Å²) in [5.41, 5.74) is -0.344. The number of ether oxygens (including phenoxy) is 1. The molecule has 0 aromatic carbocycles. The summed E-state index contributed by atoms with van der Waals surface area (Å²) in [6.07, 6.45) is 4.40. The molecule has 0 bridgehead atoms. The Labute approximate surface area is 92.1 Å². The average Bonchev–Trinajstić information content (AvgIpc) is 2.34. The molecule has 3 nitrogen and oxygen atoms in total. The number of unbranched alkanes of at least 4 members (excludes halogenated alkanes) is 3. The molecule has 0 saturated carbocycles. The normalized spacial score (nSPS) is 19.5. The van der Waals surface area contributed by atoms with Gasteiger partial charge in [0.2, 0.25) is 0 Å². The molecule has 0 atom stereocenters. The van der Waals surface area contributed by atoms with Crippen molar-refractivity contribution < 1.29 is 9.53 Å². The van der Waals surface area contributed by atoms with Crippen LogP contribution in [0.2, 0.25) is 0 Å². The van der Waals surface area contributed by atoms with E-state index in [0.717, 1.165) is 13.0 Å². The molecule has 1 aliphatic heterocycles. The molecule has 1 fully saturated rings. The van der Waals surface area contributed by atoms with Gasteiger partial charge in [-0.3, -0.25) is 4.90 Å². The first-order chi connectivity index (χ1) is 7.00. The Balaban J connectivity index is 2.46. The van der Waals surface area contributed by atoms with Crippen molar-refractivity contribution in [3.05, 3.63) is 12.3 Å². The third-order valence-electron chi connectivity index (χ3n) is 3.02. The van der Waals surface area contributed by atoms with Gasteiger partial charge in [0, 0.05) is 6.54 Å². The Bertz CT molecular complexity index is 258. The number of hydrogen-bond donors (Lipinski definition) is 0. The maximum atomic E-state index is 11.5. The number of nitrogens with zero attached hydrogens (tertiary/aromatic N) is 1. The second-order valence-electron chi connectivity index (χ2n) is 4.56. The van der Waals surface area contributed by atoms with Gasteiger partial charge < -0.3 is 4.74 Å². The highest BCUT2D eigenvalue weighted by molar-refractivity contribution is 5.74. The van der Waals surface area contributed by atoms with Gasteiger partial charge in [0.15, 0.2) is 0 Å². The standard InChI is InChI=1S/C12H21NO2/c1-5-6-7-8-9-13-11(14)15-10(2)12(13,3)4/h2,5-9H2,1,3-4H3. The lowest BCUT2D eigenvalue weighted by molar-refractivity contribution is 0.156. The first-order valence-corrected chi connectivity index (χ1v) is 5.69. The van der Waals surface area contributed by atoms with Crippen molar-refractivity contribution in [1.82, 2.24) is 4.90 Å². The molecule has 0 N–H and O–H groups in total. The van der Waals surface area contributed by atoms with Crippen molar-refractivity contribution in [2.75, 3.05) is 6.54 Å². The molecule has 0 unspecified atom stereocenters. The van der Waals surface area contributed by atoms with Crippen LogP contribution in [0.3, 0.4) is 0 Å². The number of carbonyl (C=O) groups is 1. The molecule has 86 valence electrons. The summed E-state index contributed by atoms with van der Waals surface area (Å²) in [6, 6.07) is 0. The van der Waals surface area contributed by atoms with Gasteiger partial charge in [-0.15, -0.1) is 0 Å². The van der Waals surface area contributed by atoms with Crippen LogP contribution in [0.4, 0.5) is 4.79 Å². The van der Waals surface area contributed by atoms with Gasteiger partial charge in [-0.1, -0.05) is 32.8 Å². The molecule has 0 aromatic heterocycles. The fourth-order valence-corrected chi connectivity index (χ4v) is 1.73. The van der Waals surface area contributed by atoms with Crippen LogP contribution in [0.5, 0.6) is 0 Å².